The van der Waals surface area contributed by atoms with Gasteiger partial charge in [-0.3, -0.25) is 4.79 Å². The van der Waals surface area contributed by atoms with Gasteiger partial charge in [-0.15, -0.1) is 0 Å². The summed E-state index contributed by atoms with van der Waals surface area (Å²) in [4.78, 5) is 16.8. The lowest BCUT2D eigenvalue weighted by molar-refractivity contribution is 0.101. The number of amides is 1. The average molecular weight is 411 g/mol. The molecule has 0 saturated carbocycles. The van der Waals surface area contributed by atoms with Gasteiger partial charge in [-0.05, 0) is 35.0 Å². The van der Waals surface area contributed by atoms with Crippen LogP contribution in [0.2, 0.25) is 0 Å². The normalized spacial score (nSPS) is 18.7. The second-order valence-corrected chi connectivity index (χ2v) is 7.95. The van der Waals surface area contributed by atoms with Gasteiger partial charge in [0.05, 0.1) is 0 Å². The second kappa shape index (κ2) is 6.15. The molecule has 0 bridgehead atoms. The van der Waals surface area contributed by atoms with Gasteiger partial charge in [0, 0.05) is 36.7 Å². The highest BCUT2D eigenvalue weighted by Crippen LogP contribution is 2.27. The molecule has 24 heavy (non-hydrogen) atoms. The number of carbonyl (C=O) groups excluding carboxylic acids is 1. The maximum Gasteiger partial charge on any atom is 0.272 e. The third-order valence-corrected chi connectivity index (χ3v) is 5.59. The van der Waals surface area contributed by atoms with Crippen molar-refractivity contribution in [3.8, 4) is 0 Å². The Labute approximate surface area is 148 Å². The number of halogens is 1. The van der Waals surface area contributed by atoms with E-state index in [1.165, 1.54) is 10.8 Å². The van der Waals surface area contributed by atoms with Crippen LogP contribution in [0.5, 0.6) is 0 Å². The summed E-state index contributed by atoms with van der Waals surface area (Å²) in [5, 5.41) is 2.76. The monoisotopic (exact) mass is 410 g/mol. The number of fused-ring (bicyclic) bond motifs is 1. The Morgan fingerprint density at radius 2 is 2.21 bits per heavy atom. The summed E-state index contributed by atoms with van der Waals surface area (Å²) in [7, 11) is -2.04. The summed E-state index contributed by atoms with van der Waals surface area (Å²) in [6.45, 7) is 1.73. The van der Waals surface area contributed by atoms with E-state index in [4.69, 9.17) is 0 Å². The van der Waals surface area contributed by atoms with Gasteiger partial charge >= 0.3 is 0 Å². The first-order valence-electron chi connectivity index (χ1n) is 7.10. The molecule has 9 heteroatoms. The van der Waals surface area contributed by atoms with Crippen molar-refractivity contribution in [2.75, 3.05) is 5.32 Å². The number of hydrogen-bond donors (Lipinski definition) is 2. The topological polar surface area (TPSA) is 93.1 Å². The minimum Gasteiger partial charge on any atom is -0.345 e. The van der Waals surface area contributed by atoms with Crippen molar-refractivity contribution in [3.63, 3.8) is 0 Å². The van der Waals surface area contributed by atoms with Crippen LogP contribution in [-0.2, 0) is 17.1 Å². The molecule has 2 N–H and O–H groups in total. The van der Waals surface area contributed by atoms with Crippen molar-refractivity contribution in [1.82, 2.24) is 14.3 Å². The molecule has 126 valence electrons. The predicted molar refractivity (Wildman–Crippen MR) is 94.1 cm³/mol. The molecule has 3 rings (SSSR count). The van der Waals surface area contributed by atoms with Crippen molar-refractivity contribution in [3.05, 3.63) is 46.5 Å². The summed E-state index contributed by atoms with van der Waals surface area (Å²) >= 11 is 3.24. The Kier molecular flexibility index (Phi) is 4.33. The number of aryl methyl sites for hydroxylation is 1. The van der Waals surface area contributed by atoms with Gasteiger partial charge in [0.25, 0.3) is 5.91 Å². The molecule has 3 heterocycles. The number of pyridine rings is 1. The third kappa shape index (κ3) is 3.14. The van der Waals surface area contributed by atoms with E-state index in [1.807, 2.05) is 0 Å². The first-order chi connectivity index (χ1) is 11.3. The zero-order chi connectivity index (χ0) is 17.5. The van der Waals surface area contributed by atoms with Crippen molar-refractivity contribution in [1.29, 1.82) is 0 Å². The molecule has 0 spiro atoms. The molecule has 1 amide bonds. The quantitative estimate of drug-likeness (QED) is 0.741. The number of hydrogen-bond acceptors (Lipinski definition) is 4. The molecule has 0 saturated heterocycles. The predicted octanol–water partition coefficient (Wildman–Crippen LogP) is 2.13. The lowest BCUT2D eigenvalue weighted by Gasteiger charge is -2.07. The van der Waals surface area contributed by atoms with E-state index < -0.39 is 15.9 Å². The fourth-order valence-corrected chi connectivity index (χ4v) is 4.34. The minimum absolute atomic E-state index is 0.0895. The van der Waals surface area contributed by atoms with E-state index in [9.17, 15) is 13.2 Å². The van der Waals surface area contributed by atoms with Crippen molar-refractivity contribution < 1.29 is 13.2 Å². The Hall–Kier alpha value is -1.97. The van der Waals surface area contributed by atoms with Crippen LogP contribution in [0.15, 0.2) is 40.1 Å². The third-order valence-electron chi connectivity index (χ3n) is 3.57. The first kappa shape index (κ1) is 16.9. The van der Waals surface area contributed by atoms with Crippen LogP contribution in [0.4, 0.5) is 5.69 Å². The highest BCUT2D eigenvalue weighted by molar-refractivity contribution is 9.10. The number of rotatable bonds is 2. The fourth-order valence-electron chi connectivity index (χ4n) is 2.53. The van der Waals surface area contributed by atoms with E-state index in [1.54, 1.807) is 44.5 Å². The molecule has 1 unspecified atom stereocenters. The summed E-state index contributed by atoms with van der Waals surface area (Å²) < 4.78 is 29.4. The number of nitrogens with zero attached hydrogens (tertiary/aromatic N) is 2. The molecule has 0 fully saturated rings. The molecule has 2 aromatic rings. The van der Waals surface area contributed by atoms with Crippen LogP contribution >= 0.6 is 15.9 Å². The van der Waals surface area contributed by atoms with Crippen molar-refractivity contribution in [2.45, 2.75) is 17.9 Å². The lowest BCUT2D eigenvalue weighted by atomic mass is 10.2. The number of aromatic nitrogens is 2. The van der Waals surface area contributed by atoms with E-state index in [0.29, 0.717) is 15.9 Å². The van der Waals surface area contributed by atoms with Crippen LogP contribution in [0, 0.1) is 0 Å². The fraction of sp³-hybridized carbons (Fsp3) is 0.200. The molecule has 7 nitrogen and oxygen atoms in total. The maximum atomic E-state index is 12.7. The molecule has 0 radical (unpaired) electrons. The summed E-state index contributed by atoms with van der Waals surface area (Å²) in [6, 6.07) is 2.97. The highest BCUT2D eigenvalue weighted by atomic mass is 79.9. The molecular weight excluding hydrogens is 396 g/mol. The van der Waals surface area contributed by atoms with Crippen LogP contribution in [0.1, 0.15) is 23.0 Å². The van der Waals surface area contributed by atoms with Gasteiger partial charge in [0.1, 0.15) is 15.2 Å². The Morgan fingerprint density at radius 1 is 1.46 bits per heavy atom. The van der Waals surface area contributed by atoms with Gasteiger partial charge in [0.2, 0.25) is 10.0 Å². The van der Waals surface area contributed by atoms with Crippen LogP contribution in [0.25, 0.3) is 6.08 Å². The summed E-state index contributed by atoms with van der Waals surface area (Å²) in [5.74, 6) is -0.397. The molecule has 1 atom stereocenters. The molecular formula is C15H15BrN4O3S. The Morgan fingerprint density at radius 3 is 2.92 bits per heavy atom. The zero-order valence-corrected chi connectivity index (χ0v) is 15.3. The number of anilines is 1. The standard InChI is InChI=1S/C15H15BrN4O3S/c1-9-3-4-11-12(24(22,23)19-9)8-20(2)14(11)15(21)18-10-5-6-17-13(16)7-10/h3-9,19H,1-2H3,(H,17,18,21). The van der Waals surface area contributed by atoms with Gasteiger partial charge in [0.15, 0.2) is 0 Å². The molecule has 1 aliphatic heterocycles. The van der Waals surface area contributed by atoms with Crippen LogP contribution in [-0.4, -0.2) is 29.9 Å². The smallest absolute Gasteiger partial charge is 0.272 e. The average Bonchev–Trinajstić information content (AvgIpc) is 2.77. The maximum absolute atomic E-state index is 12.7. The van der Waals surface area contributed by atoms with Crippen LogP contribution in [0.3, 0.4) is 0 Å². The van der Waals surface area contributed by atoms with E-state index >= 15 is 0 Å². The summed E-state index contributed by atoms with van der Waals surface area (Å²) in [6.07, 6.45) is 6.37. The first-order valence-corrected chi connectivity index (χ1v) is 9.38. The van der Waals surface area contributed by atoms with E-state index in [-0.39, 0.29) is 16.6 Å². The van der Waals surface area contributed by atoms with E-state index in [0.717, 1.165) is 0 Å². The van der Waals surface area contributed by atoms with Gasteiger partial charge < -0.3 is 9.88 Å². The molecule has 1 aliphatic rings. The van der Waals surface area contributed by atoms with Gasteiger partial charge in [-0.2, -0.15) is 0 Å². The van der Waals surface area contributed by atoms with Crippen molar-refractivity contribution in [2.24, 2.45) is 7.05 Å². The van der Waals surface area contributed by atoms with Gasteiger partial charge in [-0.25, -0.2) is 18.1 Å². The summed E-state index contributed by atoms with van der Waals surface area (Å²) in [5.41, 5.74) is 1.21. The molecule has 0 aliphatic carbocycles. The van der Waals surface area contributed by atoms with Gasteiger partial charge in [-0.1, -0.05) is 12.2 Å². The van der Waals surface area contributed by atoms with Crippen LogP contribution < -0.4 is 10.0 Å². The molecule has 2 aromatic heterocycles. The Balaban J connectivity index is 2.05. The minimum atomic E-state index is -3.67. The number of nitrogens with one attached hydrogen (secondary N) is 2. The van der Waals surface area contributed by atoms with Crippen molar-refractivity contribution >= 4 is 43.6 Å². The molecule has 0 aromatic carbocycles. The highest BCUT2D eigenvalue weighted by Gasteiger charge is 2.29. The SMILES string of the molecule is CC1C=Cc2c(cn(C)c2C(=O)Nc2ccnc(Br)c2)S(=O)(=O)N1. The lowest BCUT2D eigenvalue weighted by Crippen LogP contribution is -2.30. The van der Waals surface area contributed by atoms with E-state index in [2.05, 4.69) is 31.0 Å². The second-order valence-electron chi connectivity index (χ2n) is 5.46. The number of sulfonamides is 1. The Bertz CT molecular complexity index is 950. The number of carbonyl (C=O) groups is 1. The largest absolute Gasteiger partial charge is 0.345 e. The zero-order valence-electron chi connectivity index (χ0n) is 12.9.